The predicted octanol–water partition coefficient (Wildman–Crippen LogP) is 7.15. The first-order valence-corrected chi connectivity index (χ1v) is 22.1. The van der Waals surface area contributed by atoms with Crippen LogP contribution in [-0.2, 0) is 129 Å². The van der Waals surface area contributed by atoms with Gasteiger partial charge in [-0.3, -0.25) is 0 Å². The molecule has 4 unspecified atom stereocenters. The second-order valence-corrected chi connectivity index (χ2v) is 25.6. The van der Waals surface area contributed by atoms with E-state index in [-0.39, 0.29) is 136 Å². The Morgan fingerprint density at radius 1 is 0.733 bits per heavy atom. The summed E-state index contributed by atoms with van der Waals surface area (Å²) in [4.78, 5) is 0. The molecule has 4 atom stereocenters. The Morgan fingerprint density at radius 2 is 1.07 bits per heavy atom. The number of rotatable bonds is 9. The Hall–Kier alpha value is 5.81. The fourth-order valence-corrected chi connectivity index (χ4v) is 18.6. The molecule has 0 spiro atoms. The molecular formula is C19H46P6W3Y2. The molecule has 0 aromatic rings. The van der Waals surface area contributed by atoms with Crippen LogP contribution in [0.4, 0.5) is 0 Å². The molecule has 11 heteroatoms. The molecular weight excluding hydrogens is 1140 g/mol. The molecule has 0 saturated carbocycles. The average molecular weight is 1190 g/mol. The Bertz CT molecular complexity index is 554. The summed E-state index contributed by atoms with van der Waals surface area (Å²) in [6.45, 7) is 13.4. The second kappa shape index (κ2) is 32.8. The van der Waals surface area contributed by atoms with Crippen LogP contribution in [0.2, 0.25) is 0 Å². The van der Waals surface area contributed by atoms with Gasteiger partial charge in [-0.2, -0.15) is 0 Å². The molecule has 0 bridgehead atoms. The van der Waals surface area contributed by atoms with Gasteiger partial charge in [-0.05, 0) is 57.0 Å². The van der Waals surface area contributed by atoms with E-state index in [2.05, 4.69) is 85.2 Å². The molecule has 0 saturated heterocycles. The van der Waals surface area contributed by atoms with Crippen molar-refractivity contribution in [1.29, 1.82) is 0 Å². The molecule has 0 rings (SSSR count). The Morgan fingerprint density at radius 3 is 1.23 bits per heavy atom. The minimum absolute atomic E-state index is 0. The fraction of sp³-hybridized carbons (Fsp3) is 0.684. The van der Waals surface area contributed by atoms with E-state index in [1.54, 1.807) is 0 Å². The van der Waals surface area contributed by atoms with Crippen molar-refractivity contribution >= 4 is 82.4 Å². The number of hydrogen-bond donors (Lipinski definition) is 0. The normalized spacial score (nSPS) is 16.0. The van der Waals surface area contributed by atoms with E-state index in [4.69, 9.17) is 0 Å². The minimum atomic E-state index is -0.917. The van der Waals surface area contributed by atoms with E-state index in [1.807, 2.05) is 0 Å². The Kier molecular flexibility index (Phi) is 61.4. The van der Waals surface area contributed by atoms with Crippen molar-refractivity contribution in [3.05, 3.63) is 0 Å². The quantitative estimate of drug-likeness (QED) is 0.216. The minimum Gasteiger partial charge on any atom is -0.124 e. The van der Waals surface area contributed by atoms with Gasteiger partial charge < -0.3 is 0 Å². The largest absolute Gasteiger partial charge is 0.124 e. The standard InChI is InChI=1S/C10H25P3.C6H14P2.C3H7P.3W.2Y/c1-8-12(4,5)10-13(6,7)9-11(2)3;1-5-8(3,4)6-7-2;1-3-4-2;;;;;/h11H,2,4,6,8-10H2,1,3,5,7H3;2-3,5-6H2,1,4H3;2-3H2,1H3;;;;;. The van der Waals surface area contributed by atoms with E-state index < -0.39 is 20.7 Å². The maximum Gasteiger partial charge on any atom is 0.00833 e. The molecule has 0 amide bonds. The van der Waals surface area contributed by atoms with E-state index in [9.17, 15) is 0 Å². The third-order valence-electron chi connectivity index (χ3n) is 3.53. The molecule has 0 N–H and O–H groups in total. The van der Waals surface area contributed by atoms with Gasteiger partial charge in [-0.25, -0.2) is 0 Å². The monoisotopic (exact) mass is 1190 g/mol. The molecule has 0 aliphatic carbocycles. The molecule has 176 valence electrons. The van der Waals surface area contributed by atoms with Gasteiger partial charge in [-0.15, -0.1) is 69.8 Å². The van der Waals surface area contributed by atoms with Crippen LogP contribution in [0.5, 0.6) is 0 Å². The first-order chi connectivity index (χ1) is 11.2. The fourth-order valence-electron chi connectivity index (χ4n) is 1.97. The summed E-state index contributed by atoms with van der Waals surface area (Å²) in [5.74, 6) is 3.88. The molecule has 0 aliphatic heterocycles. The van der Waals surface area contributed by atoms with Crippen molar-refractivity contribution in [1.82, 2.24) is 0 Å². The van der Waals surface area contributed by atoms with Crippen molar-refractivity contribution < 1.29 is 129 Å². The maximum atomic E-state index is 4.43. The SMILES string of the molecule is C=PCC.C=PCP(=C)(C)CC.C=[PH](C)CP(=C)(C)CP(=C)(C)CC.[W].[W].[W].[Y].[Y]. The van der Waals surface area contributed by atoms with Crippen LogP contribution < -0.4 is 0 Å². The van der Waals surface area contributed by atoms with Crippen LogP contribution in [0.3, 0.4) is 0 Å². The summed E-state index contributed by atoms with van der Waals surface area (Å²) in [6.07, 6.45) is 28.2. The zero-order chi connectivity index (χ0) is 20.7. The van der Waals surface area contributed by atoms with E-state index in [0.717, 1.165) is 0 Å². The average Bonchev–Trinajstić information content (AvgIpc) is 2.45. The van der Waals surface area contributed by atoms with Gasteiger partial charge in [0.25, 0.3) is 0 Å². The van der Waals surface area contributed by atoms with Crippen molar-refractivity contribution in [3.8, 4) is 0 Å². The van der Waals surface area contributed by atoms with Crippen molar-refractivity contribution in [2.75, 3.05) is 62.9 Å². The topological polar surface area (TPSA) is 0 Å². The summed E-state index contributed by atoms with van der Waals surface area (Å²) in [5, 5.41) is 0. The van der Waals surface area contributed by atoms with Gasteiger partial charge in [0.1, 0.15) is 0 Å². The first kappa shape index (κ1) is 56.1. The summed E-state index contributed by atoms with van der Waals surface area (Å²) < 4.78 is 0. The summed E-state index contributed by atoms with van der Waals surface area (Å²) in [6, 6.07) is 0. The van der Waals surface area contributed by atoms with E-state index >= 15 is 0 Å². The third-order valence-corrected chi connectivity index (χ3v) is 21.2. The van der Waals surface area contributed by atoms with Gasteiger partial charge in [0.15, 0.2) is 0 Å². The third kappa shape index (κ3) is 47.1. The van der Waals surface area contributed by atoms with Gasteiger partial charge in [0, 0.05) is 135 Å². The molecule has 0 fully saturated rings. The van der Waals surface area contributed by atoms with Crippen molar-refractivity contribution in [3.63, 3.8) is 0 Å². The zero-order valence-electron chi connectivity index (χ0n) is 20.6. The maximum absolute atomic E-state index is 4.43. The smallest absolute Gasteiger partial charge is 0.00833 e. The predicted molar refractivity (Wildman–Crippen MR) is 156 cm³/mol. The summed E-state index contributed by atoms with van der Waals surface area (Å²) in [5.41, 5.74) is 0. The molecule has 30 heavy (non-hydrogen) atoms. The van der Waals surface area contributed by atoms with Crippen LogP contribution in [0, 0.1) is 0 Å². The molecule has 2 radical (unpaired) electrons. The van der Waals surface area contributed by atoms with Crippen LogP contribution in [0.15, 0.2) is 0 Å². The molecule has 0 heterocycles. The van der Waals surface area contributed by atoms with Gasteiger partial charge in [0.05, 0.1) is 0 Å². The molecule has 0 aliphatic rings. The van der Waals surface area contributed by atoms with Crippen LogP contribution >= 0.6 is 44.6 Å². The Labute approximate surface area is 289 Å². The van der Waals surface area contributed by atoms with E-state index in [1.165, 1.54) is 52.6 Å². The zero-order valence-corrected chi connectivity index (χ0v) is 40.5. The van der Waals surface area contributed by atoms with Crippen molar-refractivity contribution in [2.24, 2.45) is 0 Å². The van der Waals surface area contributed by atoms with Gasteiger partial charge in [-0.1, -0.05) is 33.4 Å². The van der Waals surface area contributed by atoms with E-state index in [0.29, 0.717) is 0 Å². The molecule has 0 nitrogen and oxygen atoms in total. The van der Waals surface area contributed by atoms with Gasteiger partial charge >= 0.3 is 0 Å². The van der Waals surface area contributed by atoms with Crippen LogP contribution in [-0.4, -0.2) is 101 Å². The van der Waals surface area contributed by atoms with Crippen LogP contribution in [0.25, 0.3) is 0 Å². The van der Waals surface area contributed by atoms with Crippen LogP contribution in [0.1, 0.15) is 20.8 Å². The van der Waals surface area contributed by atoms with Gasteiger partial charge in [0.2, 0.25) is 0 Å². The summed E-state index contributed by atoms with van der Waals surface area (Å²) >= 11 is 0. The first-order valence-electron chi connectivity index (χ1n) is 8.78. The number of hydrogen-bond acceptors (Lipinski definition) is 0. The second-order valence-electron chi connectivity index (χ2n) is 7.65. The summed E-state index contributed by atoms with van der Waals surface area (Å²) in [7, 11) is 2.17. The molecule has 0 aromatic carbocycles. The Balaban J connectivity index is -0.0000000418. The molecule has 0 aromatic heterocycles. The van der Waals surface area contributed by atoms with Crippen molar-refractivity contribution in [2.45, 2.75) is 20.8 Å².